The highest BCUT2D eigenvalue weighted by Gasteiger charge is 2.15. The summed E-state index contributed by atoms with van der Waals surface area (Å²) in [6.07, 6.45) is 0. The van der Waals surface area contributed by atoms with E-state index in [0.29, 0.717) is 0 Å². The van der Waals surface area contributed by atoms with Gasteiger partial charge in [-0.1, -0.05) is 12.1 Å². The second-order valence-electron chi connectivity index (χ2n) is 1.55. The topological polar surface area (TPSA) is 29.6 Å². The lowest BCUT2D eigenvalue weighted by atomic mass is 10.4. The number of carbonyl (C=O) groups is 1. The molecule has 1 aromatic carbocycles. The van der Waals surface area contributed by atoms with Gasteiger partial charge in [0.1, 0.15) is 6.79 Å². The standard InChI is InChI=1S/C6H4O.CH2O/c1-2-4-6-5(3-1)7-6;1-2/h1-4H;1H2. The Labute approximate surface area is 53.1 Å². The molecule has 0 aliphatic carbocycles. The Morgan fingerprint density at radius 1 is 1.11 bits per heavy atom. The molecule has 2 heteroatoms. The average molecular weight is 122 g/mol. The summed E-state index contributed by atoms with van der Waals surface area (Å²) in [6, 6.07) is 7.84. The lowest BCUT2D eigenvalue weighted by Gasteiger charge is -1.61. The first-order chi connectivity index (χ1) is 4.47. The minimum atomic E-state index is 1.03. The lowest BCUT2D eigenvalue weighted by Crippen LogP contribution is -1.37. The molecular weight excluding hydrogens is 116 g/mol. The summed E-state index contributed by atoms with van der Waals surface area (Å²) in [7, 11) is 0. The molecule has 0 amide bonds. The van der Waals surface area contributed by atoms with Crippen molar-refractivity contribution in [1.82, 2.24) is 0 Å². The zero-order chi connectivity index (χ0) is 6.69. The van der Waals surface area contributed by atoms with Gasteiger partial charge in [-0.25, -0.2) is 0 Å². The average Bonchev–Trinajstić information content (AvgIpc) is 2.69. The van der Waals surface area contributed by atoms with Gasteiger partial charge in [0, 0.05) is 0 Å². The summed E-state index contributed by atoms with van der Waals surface area (Å²) >= 11 is 0. The van der Waals surface area contributed by atoms with Crippen LogP contribution in [0.5, 0.6) is 11.5 Å². The fraction of sp³-hybridized carbons (Fsp3) is 0. The number of benzene rings is 1. The zero-order valence-electron chi connectivity index (χ0n) is 4.83. The van der Waals surface area contributed by atoms with Crippen LogP contribution >= 0.6 is 0 Å². The normalized spacial score (nSPS) is 9.78. The number of ether oxygens (including phenoxy) is 1. The van der Waals surface area contributed by atoms with Gasteiger partial charge in [-0.05, 0) is 12.1 Å². The van der Waals surface area contributed by atoms with Crippen molar-refractivity contribution in [3.63, 3.8) is 0 Å². The van der Waals surface area contributed by atoms with E-state index in [1.54, 1.807) is 0 Å². The van der Waals surface area contributed by atoms with Gasteiger partial charge >= 0.3 is 0 Å². The monoisotopic (exact) mass is 122 g/mol. The predicted octanol–water partition coefficient (Wildman–Crippen LogP) is 1.61. The molecule has 0 unspecified atom stereocenters. The van der Waals surface area contributed by atoms with Gasteiger partial charge in [-0.3, -0.25) is 0 Å². The third-order valence-electron chi connectivity index (χ3n) is 1.03. The Hall–Kier alpha value is -1.31. The third-order valence-corrected chi connectivity index (χ3v) is 1.03. The molecule has 1 aliphatic heterocycles. The molecule has 0 N–H and O–H groups in total. The van der Waals surface area contributed by atoms with E-state index in [0.717, 1.165) is 11.5 Å². The highest BCUT2D eigenvalue weighted by molar-refractivity contribution is 5.53. The lowest BCUT2D eigenvalue weighted by molar-refractivity contribution is -0.0979. The van der Waals surface area contributed by atoms with Crippen LogP contribution < -0.4 is 4.74 Å². The predicted molar refractivity (Wildman–Crippen MR) is 33.6 cm³/mol. The third kappa shape index (κ3) is 1.08. The molecule has 0 atom stereocenters. The first-order valence-electron chi connectivity index (χ1n) is 2.52. The number of rotatable bonds is 0. The molecule has 9 heavy (non-hydrogen) atoms. The first-order valence-corrected chi connectivity index (χ1v) is 2.52. The van der Waals surface area contributed by atoms with Crippen LogP contribution in [0.2, 0.25) is 0 Å². The van der Waals surface area contributed by atoms with E-state index in [1.807, 2.05) is 31.1 Å². The molecule has 0 spiro atoms. The summed E-state index contributed by atoms with van der Waals surface area (Å²) < 4.78 is 4.94. The van der Waals surface area contributed by atoms with Crippen LogP contribution in [0, 0.1) is 0 Å². The molecular formula is C7H6O2. The van der Waals surface area contributed by atoms with Crippen LogP contribution in [0.4, 0.5) is 0 Å². The van der Waals surface area contributed by atoms with Gasteiger partial charge < -0.3 is 9.53 Å². The van der Waals surface area contributed by atoms with E-state index in [-0.39, 0.29) is 0 Å². The molecule has 1 aliphatic rings. The van der Waals surface area contributed by atoms with Crippen molar-refractivity contribution in [2.75, 3.05) is 0 Å². The van der Waals surface area contributed by atoms with Crippen molar-refractivity contribution in [3.05, 3.63) is 24.3 Å². The minimum absolute atomic E-state index is 1.03. The van der Waals surface area contributed by atoms with Gasteiger partial charge in [0.05, 0.1) is 0 Å². The highest BCUT2D eigenvalue weighted by Crippen LogP contribution is 2.43. The van der Waals surface area contributed by atoms with E-state index >= 15 is 0 Å². The second kappa shape index (κ2) is 2.31. The van der Waals surface area contributed by atoms with Crippen LogP contribution in [-0.2, 0) is 4.79 Å². The summed E-state index contributed by atoms with van der Waals surface area (Å²) in [5.74, 6) is 2.06. The quantitative estimate of drug-likeness (QED) is 0.497. The maximum absolute atomic E-state index is 8.00. The molecule has 2 nitrogen and oxygen atoms in total. The number of para-hydroxylation sites is 2. The Morgan fingerprint density at radius 3 is 1.89 bits per heavy atom. The number of carbonyl (C=O) groups excluding carboxylic acids is 1. The van der Waals surface area contributed by atoms with E-state index in [4.69, 9.17) is 9.53 Å². The molecule has 0 aromatic heterocycles. The molecule has 0 radical (unpaired) electrons. The van der Waals surface area contributed by atoms with Crippen molar-refractivity contribution < 1.29 is 9.53 Å². The summed E-state index contributed by atoms with van der Waals surface area (Å²) in [4.78, 5) is 8.00. The molecule has 0 saturated heterocycles. The van der Waals surface area contributed by atoms with Crippen molar-refractivity contribution in [2.24, 2.45) is 0 Å². The number of hydrogen-bond acceptors (Lipinski definition) is 2. The minimum Gasteiger partial charge on any atom is -0.450 e. The molecule has 2 rings (SSSR count). The van der Waals surface area contributed by atoms with Gasteiger partial charge in [0.15, 0.2) is 11.5 Å². The Kier molecular flexibility index (Phi) is 1.49. The summed E-state index contributed by atoms with van der Waals surface area (Å²) in [5.41, 5.74) is 0. The van der Waals surface area contributed by atoms with Crippen LogP contribution in [0.15, 0.2) is 24.3 Å². The van der Waals surface area contributed by atoms with Crippen molar-refractivity contribution in [1.29, 1.82) is 0 Å². The second-order valence-corrected chi connectivity index (χ2v) is 1.55. The molecule has 46 valence electrons. The van der Waals surface area contributed by atoms with Crippen molar-refractivity contribution in [2.45, 2.75) is 0 Å². The fourth-order valence-corrected chi connectivity index (χ4v) is 0.611. The SMILES string of the molecule is C=O.c1ccc2c(c1)O2. The smallest absolute Gasteiger partial charge is 0.170 e. The van der Waals surface area contributed by atoms with Gasteiger partial charge in [-0.2, -0.15) is 0 Å². The van der Waals surface area contributed by atoms with E-state index < -0.39 is 0 Å². The molecule has 0 bridgehead atoms. The zero-order valence-corrected chi connectivity index (χ0v) is 4.83. The number of hydrogen-bond donors (Lipinski definition) is 0. The Balaban J connectivity index is 0.000000186. The summed E-state index contributed by atoms with van der Waals surface area (Å²) in [6.45, 7) is 2.00. The highest BCUT2D eigenvalue weighted by atomic mass is 16.6. The fourth-order valence-electron chi connectivity index (χ4n) is 0.611. The largest absolute Gasteiger partial charge is 0.450 e. The van der Waals surface area contributed by atoms with Crippen LogP contribution in [-0.4, -0.2) is 6.79 Å². The van der Waals surface area contributed by atoms with Crippen molar-refractivity contribution >= 4 is 6.79 Å². The van der Waals surface area contributed by atoms with Gasteiger partial charge in [-0.15, -0.1) is 0 Å². The maximum atomic E-state index is 8.00. The van der Waals surface area contributed by atoms with Crippen molar-refractivity contribution in [3.8, 4) is 11.5 Å². The Morgan fingerprint density at radius 2 is 1.56 bits per heavy atom. The van der Waals surface area contributed by atoms with E-state index in [2.05, 4.69) is 0 Å². The molecule has 1 heterocycles. The molecule has 0 saturated carbocycles. The molecule has 0 fully saturated rings. The number of fused-ring (bicyclic) bond motifs is 1. The van der Waals surface area contributed by atoms with Crippen LogP contribution in [0.1, 0.15) is 0 Å². The van der Waals surface area contributed by atoms with Crippen LogP contribution in [0.25, 0.3) is 0 Å². The molecule has 1 aromatic rings. The summed E-state index contributed by atoms with van der Waals surface area (Å²) in [5, 5.41) is 0. The first kappa shape index (κ1) is 5.82. The maximum Gasteiger partial charge on any atom is 0.170 e. The van der Waals surface area contributed by atoms with Gasteiger partial charge in [0.25, 0.3) is 0 Å². The van der Waals surface area contributed by atoms with E-state index in [9.17, 15) is 0 Å². The van der Waals surface area contributed by atoms with Gasteiger partial charge in [0.2, 0.25) is 0 Å². The van der Waals surface area contributed by atoms with E-state index in [1.165, 1.54) is 0 Å². The van der Waals surface area contributed by atoms with Crippen LogP contribution in [0.3, 0.4) is 0 Å². The Bertz CT molecular complexity index is 187.